The highest BCUT2D eigenvalue weighted by Gasteiger charge is 2.62. The number of barbiturate groups is 1. The summed E-state index contributed by atoms with van der Waals surface area (Å²) in [5, 5.41) is 13.7. The molecule has 154 valence electrons. The summed E-state index contributed by atoms with van der Waals surface area (Å²) in [7, 11) is 0. The van der Waals surface area contributed by atoms with Crippen LogP contribution in [0, 0.1) is 15.5 Å². The van der Waals surface area contributed by atoms with Crippen LogP contribution in [-0.4, -0.2) is 46.3 Å². The van der Waals surface area contributed by atoms with Crippen molar-refractivity contribution in [1.82, 2.24) is 10.2 Å². The topological polar surface area (TPSA) is 113 Å². The molecule has 3 heterocycles. The molecular formula is C20H24N4O5. The Balaban J connectivity index is 1.88. The number of amides is 4. The number of piperidine rings is 1. The molecule has 29 heavy (non-hydrogen) atoms. The van der Waals surface area contributed by atoms with E-state index in [4.69, 9.17) is 0 Å². The van der Waals surface area contributed by atoms with E-state index in [1.807, 2.05) is 11.8 Å². The zero-order valence-corrected chi connectivity index (χ0v) is 16.5. The Morgan fingerprint density at radius 1 is 1.31 bits per heavy atom. The van der Waals surface area contributed by atoms with Gasteiger partial charge in [0, 0.05) is 36.8 Å². The number of carbonyl (C=O) groups excluding carboxylic acids is 3. The molecule has 1 spiro atoms. The number of imide groups is 2. The molecule has 4 rings (SSSR count). The van der Waals surface area contributed by atoms with E-state index in [1.54, 1.807) is 13.0 Å². The molecule has 0 unspecified atom stereocenters. The van der Waals surface area contributed by atoms with Crippen LogP contribution in [0.4, 0.5) is 16.2 Å². The minimum absolute atomic E-state index is 0.0516. The molecule has 9 heteroatoms. The quantitative estimate of drug-likeness (QED) is 0.473. The molecule has 0 aromatic heterocycles. The fraction of sp³-hybridized carbons (Fsp3) is 0.550. The molecule has 1 N–H and O–H groups in total. The summed E-state index contributed by atoms with van der Waals surface area (Å²) >= 11 is 0. The van der Waals surface area contributed by atoms with E-state index in [0.29, 0.717) is 24.9 Å². The van der Waals surface area contributed by atoms with Crippen molar-refractivity contribution in [3.8, 4) is 0 Å². The van der Waals surface area contributed by atoms with Crippen LogP contribution in [0.3, 0.4) is 0 Å². The second-order valence-corrected chi connectivity index (χ2v) is 8.11. The SMILES string of the molecule is CC[C@H](C)N1C(=O)NC(=O)[C@]2(Cc3cc([N+](=O)[O-])ccc3N3CCCC[C@H]32)C1=O. The van der Waals surface area contributed by atoms with E-state index in [1.165, 1.54) is 12.1 Å². The van der Waals surface area contributed by atoms with E-state index in [0.717, 1.165) is 23.4 Å². The van der Waals surface area contributed by atoms with Crippen LogP contribution in [0.25, 0.3) is 0 Å². The fourth-order valence-corrected chi connectivity index (χ4v) is 4.96. The third kappa shape index (κ3) is 2.71. The van der Waals surface area contributed by atoms with E-state index in [-0.39, 0.29) is 24.2 Å². The van der Waals surface area contributed by atoms with Gasteiger partial charge in [0.05, 0.1) is 11.0 Å². The summed E-state index contributed by atoms with van der Waals surface area (Å²) in [6.45, 7) is 4.32. The molecule has 9 nitrogen and oxygen atoms in total. The van der Waals surface area contributed by atoms with Crippen LogP contribution in [0.15, 0.2) is 18.2 Å². The van der Waals surface area contributed by atoms with Gasteiger partial charge in [0.2, 0.25) is 11.8 Å². The first-order valence-corrected chi connectivity index (χ1v) is 10.0. The third-order valence-electron chi connectivity index (χ3n) is 6.60. The average molecular weight is 400 g/mol. The van der Waals surface area contributed by atoms with E-state index in [9.17, 15) is 24.5 Å². The minimum Gasteiger partial charge on any atom is -0.367 e. The average Bonchev–Trinajstić information content (AvgIpc) is 2.71. The van der Waals surface area contributed by atoms with Crippen LogP contribution < -0.4 is 10.2 Å². The summed E-state index contributed by atoms with van der Waals surface area (Å²) < 4.78 is 0. The number of nitrogens with one attached hydrogen (secondary N) is 1. The number of urea groups is 1. The van der Waals surface area contributed by atoms with Crippen molar-refractivity contribution in [2.45, 2.75) is 58.0 Å². The summed E-state index contributed by atoms with van der Waals surface area (Å²) in [5.41, 5.74) is -0.106. The lowest BCUT2D eigenvalue weighted by atomic mass is 9.66. The maximum absolute atomic E-state index is 13.7. The van der Waals surface area contributed by atoms with Crippen molar-refractivity contribution in [3.63, 3.8) is 0 Å². The molecule has 2 fully saturated rings. The second kappa shape index (κ2) is 6.82. The van der Waals surface area contributed by atoms with Crippen LogP contribution in [0.5, 0.6) is 0 Å². The molecule has 0 bridgehead atoms. The monoisotopic (exact) mass is 400 g/mol. The number of rotatable bonds is 3. The van der Waals surface area contributed by atoms with E-state index >= 15 is 0 Å². The number of fused-ring (bicyclic) bond motifs is 4. The Kier molecular flexibility index (Phi) is 4.55. The van der Waals surface area contributed by atoms with Crippen LogP contribution in [0.1, 0.15) is 45.1 Å². The zero-order valence-electron chi connectivity index (χ0n) is 16.5. The Morgan fingerprint density at radius 2 is 2.07 bits per heavy atom. The molecule has 3 atom stereocenters. The highest BCUT2D eigenvalue weighted by molar-refractivity contribution is 6.20. The van der Waals surface area contributed by atoms with Gasteiger partial charge in [0.15, 0.2) is 5.41 Å². The first-order chi connectivity index (χ1) is 13.8. The van der Waals surface area contributed by atoms with Gasteiger partial charge in [-0.2, -0.15) is 0 Å². The molecule has 0 saturated carbocycles. The number of non-ortho nitro benzene ring substituents is 1. The van der Waals surface area contributed by atoms with Crippen molar-refractivity contribution < 1.29 is 19.3 Å². The standard InChI is InChI=1S/C20H24N4O5/c1-3-12(2)23-18(26)20(17(25)21-19(23)27)11-13-10-14(24(28)29)7-8-15(13)22-9-5-4-6-16(20)22/h7-8,10,12,16H,3-6,9,11H2,1-2H3,(H,21,25,27)/t12-,16-,20+/m0/s1. The van der Waals surface area contributed by atoms with E-state index in [2.05, 4.69) is 5.32 Å². The highest BCUT2D eigenvalue weighted by atomic mass is 16.6. The van der Waals surface area contributed by atoms with Gasteiger partial charge in [-0.15, -0.1) is 0 Å². The maximum atomic E-state index is 13.7. The smallest absolute Gasteiger partial charge is 0.331 e. The minimum atomic E-state index is -1.46. The fourth-order valence-electron chi connectivity index (χ4n) is 4.96. The van der Waals surface area contributed by atoms with Gasteiger partial charge in [-0.3, -0.25) is 29.9 Å². The number of carbonyl (C=O) groups is 3. The lowest BCUT2D eigenvalue weighted by molar-refractivity contribution is -0.384. The molecule has 3 aliphatic rings. The molecule has 1 aromatic rings. The largest absolute Gasteiger partial charge is 0.367 e. The van der Waals surface area contributed by atoms with Crippen molar-refractivity contribution in [2.75, 3.05) is 11.4 Å². The Hall–Kier alpha value is -2.97. The van der Waals surface area contributed by atoms with Gasteiger partial charge in [0.25, 0.3) is 5.69 Å². The van der Waals surface area contributed by atoms with Gasteiger partial charge >= 0.3 is 6.03 Å². The van der Waals surface area contributed by atoms with Gasteiger partial charge in [0.1, 0.15) is 0 Å². The predicted octanol–water partition coefficient (Wildman–Crippen LogP) is 2.37. The summed E-state index contributed by atoms with van der Waals surface area (Å²) in [6.07, 6.45) is 3.06. The Morgan fingerprint density at radius 3 is 2.76 bits per heavy atom. The lowest BCUT2D eigenvalue weighted by Crippen LogP contribution is -2.73. The summed E-state index contributed by atoms with van der Waals surface area (Å²) in [5.74, 6) is -1.09. The van der Waals surface area contributed by atoms with Crippen molar-refractivity contribution >= 4 is 29.2 Å². The van der Waals surface area contributed by atoms with Crippen LogP contribution >= 0.6 is 0 Å². The molecule has 1 aromatic carbocycles. The first kappa shape index (κ1) is 19.4. The van der Waals surface area contributed by atoms with Gasteiger partial charge in [-0.1, -0.05) is 6.92 Å². The maximum Gasteiger partial charge on any atom is 0.331 e. The summed E-state index contributed by atoms with van der Waals surface area (Å²) in [4.78, 5) is 53.3. The number of nitrogens with zero attached hydrogens (tertiary/aromatic N) is 3. The third-order valence-corrected chi connectivity index (χ3v) is 6.60. The number of anilines is 1. The van der Waals surface area contributed by atoms with E-state index < -0.39 is 28.2 Å². The molecule has 2 saturated heterocycles. The highest BCUT2D eigenvalue weighted by Crippen LogP contribution is 2.48. The molecular weight excluding hydrogens is 376 g/mol. The van der Waals surface area contributed by atoms with Crippen LogP contribution in [0.2, 0.25) is 0 Å². The Labute approximate surface area is 168 Å². The molecule has 3 aliphatic heterocycles. The number of nitro groups is 1. The van der Waals surface area contributed by atoms with Gasteiger partial charge < -0.3 is 4.90 Å². The molecule has 0 radical (unpaired) electrons. The van der Waals surface area contributed by atoms with Crippen molar-refractivity contribution in [2.24, 2.45) is 5.41 Å². The number of nitro benzene ring substituents is 1. The second-order valence-electron chi connectivity index (χ2n) is 8.11. The van der Waals surface area contributed by atoms with Gasteiger partial charge in [-0.25, -0.2) is 4.79 Å². The first-order valence-electron chi connectivity index (χ1n) is 10.0. The normalized spacial score (nSPS) is 27.4. The molecule has 0 aliphatic carbocycles. The molecule has 4 amide bonds. The number of hydrogen-bond acceptors (Lipinski definition) is 6. The number of hydrogen-bond donors (Lipinski definition) is 1. The zero-order chi connectivity index (χ0) is 20.9. The Bertz CT molecular complexity index is 916. The van der Waals surface area contributed by atoms with Crippen molar-refractivity contribution in [3.05, 3.63) is 33.9 Å². The van der Waals surface area contributed by atoms with Crippen LogP contribution in [-0.2, 0) is 16.0 Å². The number of benzene rings is 1. The van der Waals surface area contributed by atoms with Crippen molar-refractivity contribution in [1.29, 1.82) is 0 Å². The van der Waals surface area contributed by atoms with Gasteiger partial charge in [-0.05, 0) is 44.2 Å². The lowest BCUT2D eigenvalue weighted by Gasteiger charge is -2.54. The summed E-state index contributed by atoms with van der Waals surface area (Å²) in [6, 6.07) is 3.20. The predicted molar refractivity (Wildman–Crippen MR) is 104 cm³/mol.